The summed E-state index contributed by atoms with van der Waals surface area (Å²) in [6, 6.07) is 17.2. The van der Waals surface area contributed by atoms with E-state index in [1.807, 2.05) is 54.6 Å². The highest BCUT2D eigenvalue weighted by atomic mass is 32.2. The molecule has 2 aromatic carbocycles. The number of aliphatic hydroxyl groups is 1. The van der Waals surface area contributed by atoms with Crippen LogP contribution in [0.5, 0.6) is 0 Å². The van der Waals surface area contributed by atoms with Gasteiger partial charge in [0.15, 0.2) is 0 Å². The molecule has 2 aromatic rings. The molecular weight excluding hydrogens is 326 g/mol. The monoisotopic (exact) mass is 347 g/mol. The lowest BCUT2D eigenvalue weighted by Gasteiger charge is -2.23. The normalized spacial score (nSPS) is 13.2. The summed E-state index contributed by atoms with van der Waals surface area (Å²) in [6.45, 7) is -0.151. The highest BCUT2D eigenvalue weighted by molar-refractivity contribution is 7.99. The second-order valence-corrected chi connectivity index (χ2v) is 6.40. The Kier molecular flexibility index (Phi) is 7.11. The average molecular weight is 347 g/mol. The van der Waals surface area contributed by atoms with E-state index < -0.39 is 12.1 Å². The van der Waals surface area contributed by atoms with Gasteiger partial charge in [-0.25, -0.2) is 4.79 Å². The Balaban J connectivity index is 2.09. The molecule has 0 radical (unpaired) electrons. The van der Waals surface area contributed by atoms with Crippen LogP contribution in [0.3, 0.4) is 0 Å². The smallest absolute Gasteiger partial charge is 0.331 e. The van der Waals surface area contributed by atoms with E-state index in [-0.39, 0.29) is 18.5 Å². The first-order chi connectivity index (χ1) is 11.6. The first kappa shape index (κ1) is 18.3. The number of ether oxygens (including phenoxy) is 2. The van der Waals surface area contributed by atoms with Crippen LogP contribution in [0, 0.1) is 0 Å². The van der Waals surface area contributed by atoms with Crippen molar-refractivity contribution in [2.45, 2.75) is 16.2 Å². The summed E-state index contributed by atoms with van der Waals surface area (Å²) in [5.74, 6) is -0.470. The highest BCUT2D eigenvalue weighted by Crippen LogP contribution is 2.38. The van der Waals surface area contributed by atoms with Crippen LogP contribution >= 0.6 is 11.8 Å². The van der Waals surface area contributed by atoms with Crippen molar-refractivity contribution in [1.29, 1.82) is 0 Å². The van der Waals surface area contributed by atoms with Crippen LogP contribution in [0.4, 0.5) is 5.69 Å². The van der Waals surface area contributed by atoms with Gasteiger partial charge < -0.3 is 20.3 Å². The Bertz CT molecular complexity index is 650. The van der Waals surface area contributed by atoms with Gasteiger partial charge in [-0.3, -0.25) is 0 Å². The number of carbonyl (C=O) groups excluding carboxylic acids is 1. The summed E-state index contributed by atoms with van der Waals surface area (Å²) in [7, 11) is 1.30. The summed E-state index contributed by atoms with van der Waals surface area (Å²) in [6.07, 6.45) is -0.788. The predicted molar refractivity (Wildman–Crippen MR) is 94.7 cm³/mol. The van der Waals surface area contributed by atoms with Crippen molar-refractivity contribution in [3.05, 3.63) is 60.2 Å². The van der Waals surface area contributed by atoms with Crippen LogP contribution < -0.4 is 5.73 Å². The molecule has 0 saturated heterocycles. The summed E-state index contributed by atoms with van der Waals surface area (Å²) in [4.78, 5) is 12.1. The van der Waals surface area contributed by atoms with Crippen molar-refractivity contribution >= 4 is 23.4 Å². The molecule has 0 amide bonds. The average Bonchev–Trinajstić information content (AvgIpc) is 2.60. The van der Waals surface area contributed by atoms with Crippen molar-refractivity contribution in [2.75, 3.05) is 26.1 Å². The van der Waals surface area contributed by atoms with Gasteiger partial charge in [-0.15, -0.1) is 11.8 Å². The van der Waals surface area contributed by atoms with Crippen molar-refractivity contribution in [3.8, 4) is 0 Å². The number of carbonyl (C=O) groups is 1. The Morgan fingerprint density at radius 3 is 2.62 bits per heavy atom. The van der Waals surface area contributed by atoms with E-state index >= 15 is 0 Å². The molecule has 0 aliphatic carbocycles. The first-order valence-corrected chi connectivity index (χ1v) is 8.38. The molecule has 128 valence electrons. The number of hydrogen-bond donors (Lipinski definition) is 2. The molecule has 5 nitrogen and oxygen atoms in total. The van der Waals surface area contributed by atoms with Crippen LogP contribution in [0.25, 0.3) is 0 Å². The lowest BCUT2D eigenvalue weighted by atomic mass is 10.1. The third-order valence-electron chi connectivity index (χ3n) is 3.33. The molecule has 0 bridgehead atoms. The van der Waals surface area contributed by atoms with E-state index in [1.54, 1.807) is 0 Å². The Labute approximate surface area is 145 Å². The number of thioether (sulfide) groups is 1. The van der Waals surface area contributed by atoms with Crippen molar-refractivity contribution in [2.24, 2.45) is 0 Å². The number of methoxy groups -OCH3 is 1. The van der Waals surface area contributed by atoms with E-state index in [0.29, 0.717) is 5.69 Å². The molecule has 0 aromatic heterocycles. The number of nitrogen functional groups attached to an aromatic ring is 1. The quantitative estimate of drug-likeness (QED) is 0.434. The minimum Gasteiger partial charge on any atom is -0.467 e. The molecule has 3 N–H and O–H groups in total. The molecule has 0 fully saturated rings. The maximum absolute atomic E-state index is 11.1. The maximum atomic E-state index is 11.1. The van der Waals surface area contributed by atoms with Crippen LogP contribution in [-0.2, 0) is 14.3 Å². The second kappa shape index (κ2) is 9.32. The summed E-state index contributed by atoms with van der Waals surface area (Å²) < 4.78 is 9.77. The van der Waals surface area contributed by atoms with Gasteiger partial charge in [0.2, 0.25) is 0 Å². The summed E-state index contributed by atoms with van der Waals surface area (Å²) >= 11 is 1.50. The van der Waals surface area contributed by atoms with Gasteiger partial charge in [-0.05, 0) is 23.8 Å². The molecule has 2 atom stereocenters. The topological polar surface area (TPSA) is 81.8 Å². The van der Waals surface area contributed by atoms with Crippen LogP contribution in [-0.4, -0.2) is 37.5 Å². The summed E-state index contributed by atoms with van der Waals surface area (Å²) in [5, 5.41) is 10.3. The Hall–Kier alpha value is -2.02. The molecule has 2 rings (SSSR count). The number of benzene rings is 2. The Morgan fingerprint density at radius 1 is 1.21 bits per heavy atom. The fraction of sp³-hybridized carbons (Fsp3) is 0.278. The molecule has 0 heterocycles. The zero-order chi connectivity index (χ0) is 17.4. The lowest BCUT2D eigenvalue weighted by Crippen LogP contribution is -2.24. The van der Waals surface area contributed by atoms with E-state index in [1.165, 1.54) is 18.9 Å². The maximum Gasteiger partial charge on any atom is 0.331 e. The highest BCUT2D eigenvalue weighted by Gasteiger charge is 2.23. The number of esters is 1. The second-order valence-electron chi connectivity index (χ2n) is 5.18. The largest absolute Gasteiger partial charge is 0.467 e. The van der Waals surface area contributed by atoms with E-state index in [2.05, 4.69) is 4.74 Å². The van der Waals surface area contributed by atoms with Crippen molar-refractivity contribution in [3.63, 3.8) is 0 Å². The minimum atomic E-state index is -0.788. The number of aliphatic hydroxyl groups excluding tert-OH is 1. The van der Waals surface area contributed by atoms with Crippen molar-refractivity contribution < 1.29 is 19.4 Å². The molecule has 6 heteroatoms. The van der Waals surface area contributed by atoms with Gasteiger partial charge in [0.05, 0.1) is 25.1 Å². The molecule has 24 heavy (non-hydrogen) atoms. The molecule has 0 spiro atoms. The fourth-order valence-electron chi connectivity index (χ4n) is 2.16. The third kappa shape index (κ3) is 5.56. The van der Waals surface area contributed by atoms with Gasteiger partial charge >= 0.3 is 5.97 Å². The molecule has 0 saturated carbocycles. The van der Waals surface area contributed by atoms with Gasteiger partial charge in [0.1, 0.15) is 6.61 Å². The summed E-state index contributed by atoms with van der Waals surface area (Å²) in [5.41, 5.74) is 7.47. The van der Waals surface area contributed by atoms with Crippen LogP contribution in [0.2, 0.25) is 0 Å². The standard InChI is InChI=1S/C18H21NO4S/c1-22-17(21)12-23-11-16(20)18(13-6-3-2-4-7-13)24-15-9-5-8-14(19)10-15/h2-10,16,18,20H,11-12,19H2,1H3. The van der Waals surface area contributed by atoms with Gasteiger partial charge in [-0.1, -0.05) is 36.4 Å². The minimum absolute atomic E-state index is 0.0317. The SMILES string of the molecule is COC(=O)COCC(O)C(Sc1cccc(N)c1)c1ccccc1. The zero-order valence-electron chi connectivity index (χ0n) is 13.4. The van der Waals surface area contributed by atoms with E-state index in [9.17, 15) is 9.90 Å². The van der Waals surface area contributed by atoms with Crippen LogP contribution in [0.1, 0.15) is 10.8 Å². The van der Waals surface area contributed by atoms with Gasteiger partial charge in [-0.2, -0.15) is 0 Å². The molecule has 0 aliphatic rings. The zero-order valence-corrected chi connectivity index (χ0v) is 14.2. The van der Waals surface area contributed by atoms with Crippen molar-refractivity contribution in [1.82, 2.24) is 0 Å². The van der Waals surface area contributed by atoms with Gasteiger partial charge in [0, 0.05) is 10.6 Å². The number of nitrogens with two attached hydrogens (primary N) is 1. The lowest BCUT2D eigenvalue weighted by molar-refractivity contribution is -0.146. The van der Waals surface area contributed by atoms with E-state index in [4.69, 9.17) is 10.5 Å². The number of rotatable bonds is 8. The predicted octanol–water partition coefficient (Wildman–Crippen LogP) is 2.65. The number of anilines is 1. The first-order valence-electron chi connectivity index (χ1n) is 7.50. The van der Waals surface area contributed by atoms with Gasteiger partial charge in [0.25, 0.3) is 0 Å². The molecule has 2 unspecified atom stereocenters. The van der Waals surface area contributed by atoms with E-state index in [0.717, 1.165) is 10.5 Å². The molecular formula is C18H21NO4S. The van der Waals surface area contributed by atoms with Crippen LogP contribution in [0.15, 0.2) is 59.5 Å². The fourth-order valence-corrected chi connectivity index (χ4v) is 3.34. The Morgan fingerprint density at radius 2 is 1.96 bits per heavy atom. The number of hydrogen-bond acceptors (Lipinski definition) is 6. The third-order valence-corrected chi connectivity index (χ3v) is 4.70. The molecule has 0 aliphatic heterocycles.